The molecule has 2 N–H and O–H groups in total. The molecule has 22 heavy (non-hydrogen) atoms. The van der Waals surface area contributed by atoms with Crippen LogP contribution < -0.4 is 10.0 Å². The van der Waals surface area contributed by atoms with E-state index in [0.29, 0.717) is 0 Å². The van der Waals surface area contributed by atoms with Crippen molar-refractivity contribution in [2.45, 2.75) is 24.7 Å². The maximum absolute atomic E-state index is 13.6. The monoisotopic (exact) mass is 331 g/mol. The molecule has 0 radical (unpaired) electrons. The highest BCUT2D eigenvalue weighted by Crippen LogP contribution is 2.29. The minimum Gasteiger partial charge on any atom is -0.317 e. The largest absolute Gasteiger partial charge is 0.324 e. The van der Waals surface area contributed by atoms with E-state index in [1.54, 1.807) is 0 Å². The molecule has 0 saturated carbocycles. The highest BCUT2D eigenvalue weighted by Gasteiger charge is 2.32. The van der Waals surface area contributed by atoms with Crippen molar-refractivity contribution in [2.24, 2.45) is 5.41 Å². The average Bonchev–Trinajstić information content (AvgIpc) is 2.45. The van der Waals surface area contributed by atoms with Crippen LogP contribution in [0.1, 0.15) is 19.8 Å². The van der Waals surface area contributed by atoms with Crippen molar-refractivity contribution in [1.29, 1.82) is 0 Å². The van der Waals surface area contributed by atoms with Gasteiger partial charge in [0.1, 0.15) is 0 Å². The van der Waals surface area contributed by atoms with Gasteiger partial charge in [0.2, 0.25) is 15.8 Å². The number of nitrogens with one attached hydrogen (secondary N) is 2. The van der Waals surface area contributed by atoms with E-state index in [2.05, 4.69) is 10.0 Å². The first-order valence-corrected chi connectivity index (χ1v) is 8.37. The van der Waals surface area contributed by atoms with E-state index < -0.39 is 31.3 Å². The third-order valence-electron chi connectivity index (χ3n) is 3.92. The molecule has 9 heteroatoms. The van der Waals surface area contributed by atoms with Crippen molar-refractivity contribution in [1.82, 2.24) is 10.0 Å². The van der Waals surface area contributed by atoms with Crippen LogP contribution in [0.5, 0.6) is 0 Å². The van der Waals surface area contributed by atoms with Crippen LogP contribution in [0.4, 0.5) is 10.1 Å². The molecule has 2 rings (SSSR count). The van der Waals surface area contributed by atoms with Crippen molar-refractivity contribution in [3.05, 3.63) is 34.1 Å². The number of hydrogen-bond donors (Lipinski definition) is 2. The molecule has 0 spiro atoms. The van der Waals surface area contributed by atoms with E-state index in [0.717, 1.165) is 44.1 Å². The Bertz CT molecular complexity index is 672. The van der Waals surface area contributed by atoms with E-state index in [1.165, 1.54) is 0 Å². The molecular weight excluding hydrogens is 313 g/mol. The van der Waals surface area contributed by atoms with Crippen LogP contribution in [0.25, 0.3) is 0 Å². The summed E-state index contributed by atoms with van der Waals surface area (Å²) in [6.45, 7) is 3.69. The van der Waals surface area contributed by atoms with E-state index >= 15 is 0 Å². The lowest BCUT2D eigenvalue weighted by Gasteiger charge is -2.34. The van der Waals surface area contributed by atoms with E-state index in [9.17, 15) is 22.9 Å². The summed E-state index contributed by atoms with van der Waals surface area (Å²) in [6.07, 6.45) is 1.58. The van der Waals surface area contributed by atoms with Gasteiger partial charge in [0.25, 0.3) is 0 Å². The quantitative estimate of drug-likeness (QED) is 0.627. The Morgan fingerprint density at radius 1 is 1.41 bits per heavy atom. The fraction of sp³-hybridized carbons (Fsp3) is 0.538. The van der Waals surface area contributed by atoms with Gasteiger partial charge in [0, 0.05) is 6.54 Å². The molecule has 1 aromatic carbocycles. The van der Waals surface area contributed by atoms with Crippen LogP contribution in [0.3, 0.4) is 0 Å². The second-order valence-electron chi connectivity index (χ2n) is 5.73. The fourth-order valence-corrected chi connectivity index (χ4v) is 3.82. The second kappa shape index (κ2) is 6.27. The number of piperidine rings is 1. The predicted octanol–water partition coefficient (Wildman–Crippen LogP) is 1.40. The number of benzene rings is 1. The number of nitro groups is 1. The smallest absolute Gasteiger partial charge is 0.317 e. The van der Waals surface area contributed by atoms with E-state index in [4.69, 9.17) is 0 Å². The first-order valence-electron chi connectivity index (χ1n) is 6.88. The van der Waals surface area contributed by atoms with Crippen LogP contribution in [0.15, 0.2) is 23.1 Å². The summed E-state index contributed by atoms with van der Waals surface area (Å²) in [5, 5.41) is 14.1. The van der Waals surface area contributed by atoms with E-state index in [-0.39, 0.29) is 12.0 Å². The van der Waals surface area contributed by atoms with Gasteiger partial charge in [-0.15, -0.1) is 0 Å². The molecule has 1 saturated heterocycles. The minimum atomic E-state index is -4.15. The van der Waals surface area contributed by atoms with Crippen molar-refractivity contribution in [3.8, 4) is 0 Å². The SMILES string of the molecule is CC1(CNS(=O)(=O)c2cccc(F)c2[N+](=O)[O-])CCNCC1. The normalized spacial score (nSPS) is 18.1. The number of rotatable bonds is 5. The van der Waals surface area contributed by atoms with Gasteiger partial charge < -0.3 is 5.32 Å². The average molecular weight is 331 g/mol. The highest BCUT2D eigenvalue weighted by molar-refractivity contribution is 7.89. The maximum Gasteiger partial charge on any atom is 0.324 e. The lowest BCUT2D eigenvalue weighted by molar-refractivity contribution is -0.390. The molecule has 0 aromatic heterocycles. The summed E-state index contributed by atoms with van der Waals surface area (Å²) in [5.74, 6) is -1.17. The number of nitro benzene ring substituents is 1. The standard InChI is InChI=1S/C13H18FN3O4S/c1-13(5-7-15-8-6-13)9-16-22(20,21)11-4-2-3-10(14)12(11)17(18)19/h2-4,15-16H,5-9H2,1H3. The van der Waals surface area contributed by atoms with Crippen LogP contribution >= 0.6 is 0 Å². The Hall–Kier alpha value is -1.58. The number of para-hydroxylation sites is 1. The molecule has 1 heterocycles. The molecule has 1 aromatic rings. The number of hydrogen-bond acceptors (Lipinski definition) is 5. The molecular formula is C13H18FN3O4S. The Morgan fingerprint density at radius 2 is 2.05 bits per heavy atom. The first-order chi connectivity index (χ1) is 10.3. The Balaban J connectivity index is 2.24. The van der Waals surface area contributed by atoms with Gasteiger partial charge >= 0.3 is 5.69 Å². The summed E-state index contributed by atoms with van der Waals surface area (Å²) >= 11 is 0. The third-order valence-corrected chi connectivity index (χ3v) is 5.35. The van der Waals surface area contributed by atoms with Gasteiger partial charge in [-0.2, -0.15) is 4.39 Å². The van der Waals surface area contributed by atoms with Crippen molar-refractivity contribution < 1.29 is 17.7 Å². The third kappa shape index (κ3) is 3.60. The Morgan fingerprint density at radius 3 is 2.64 bits per heavy atom. The molecule has 1 aliphatic heterocycles. The van der Waals surface area contributed by atoms with Crippen molar-refractivity contribution in [3.63, 3.8) is 0 Å². The molecule has 1 fully saturated rings. The topological polar surface area (TPSA) is 101 Å². The van der Waals surface area contributed by atoms with Gasteiger partial charge in [-0.3, -0.25) is 10.1 Å². The summed E-state index contributed by atoms with van der Waals surface area (Å²) in [4.78, 5) is 9.26. The zero-order valence-corrected chi connectivity index (χ0v) is 13.0. The summed E-state index contributed by atoms with van der Waals surface area (Å²) in [7, 11) is -4.15. The van der Waals surface area contributed by atoms with Crippen LogP contribution in [-0.4, -0.2) is 33.0 Å². The minimum absolute atomic E-state index is 0.157. The van der Waals surface area contributed by atoms with Gasteiger partial charge in [0.15, 0.2) is 4.90 Å². The predicted molar refractivity (Wildman–Crippen MR) is 78.5 cm³/mol. The summed E-state index contributed by atoms with van der Waals surface area (Å²) in [6, 6.07) is 3.04. The van der Waals surface area contributed by atoms with Crippen LogP contribution in [0.2, 0.25) is 0 Å². The van der Waals surface area contributed by atoms with Crippen molar-refractivity contribution in [2.75, 3.05) is 19.6 Å². The lowest BCUT2D eigenvalue weighted by Crippen LogP contribution is -2.42. The van der Waals surface area contributed by atoms with Gasteiger partial charge in [0.05, 0.1) is 4.92 Å². The van der Waals surface area contributed by atoms with Crippen LogP contribution in [-0.2, 0) is 10.0 Å². The lowest BCUT2D eigenvalue weighted by atomic mass is 9.81. The molecule has 7 nitrogen and oxygen atoms in total. The molecule has 122 valence electrons. The molecule has 0 aliphatic carbocycles. The van der Waals surface area contributed by atoms with Crippen molar-refractivity contribution >= 4 is 15.7 Å². The molecule has 0 unspecified atom stereocenters. The van der Waals surface area contributed by atoms with E-state index in [1.807, 2.05) is 6.92 Å². The maximum atomic E-state index is 13.6. The number of sulfonamides is 1. The molecule has 1 aliphatic rings. The second-order valence-corrected chi connectivity index (χ2v) is 7.46. The summed E-state index contributed by atoms with van der Waals surface area (Å²) in [5.41, 5.74) is -1.24. The molecule has 0 atom stereocenters. The number of halogens is 1. The fourth-order valence-electron chi connectivity index (χ4n) is 2.44. The Labute approximate surface area is 128 Å². The van der Waals surface area contributed by atoms with Gasteiger partial charge in [-0.05, 0) is 43.5 Å². The zero-order valence-electron chi connectivity index (χ0n) is 12.1. The molecule has 0 bridgehead atoms. The first kappa shape index (κ1) is 16.8. The zero-order chi connectivity index (χ0) is 16.4. The Kier molecular flexibility index (Phi) is 4.78. The summed E-state index contributed by atoms with van der Waals surface area (Å²) < 4.78 is 40.5. The highest BCUT2D eigenvalue weighted by atomic mass is 32.2. The van der Waals surface area contributed by atoms with Gasteiger partial charge in [-0.1, -0.05) is 13.0 Å². The molecule has 0 amide bonds. The van der Waals surface area contributed by atoms with Crippen LogP contribution in [0, 0.1) is 21.3 Å². The number of nitrogens with zero attached hydrogens (tertiary/aromatic N) is 1. The van der Waals surface area contributed by atoms with Gasteiger partial charge in [-0.25, -0.2) is 13.1 Å².